The Bertz CT molecular complexity index is 1430. The van der Waals surface area contributed by atoms with Crippen LogP contribution in [0.1, 0.15) is 64.1 Å². The molecule has 0 spiro atoms. The number of piperidine rings is 2. The number of carbonyl (C=O) groups is 4. The number of benzene rings is 1. The van der Waals surface area contributed by atoms with Crippen LogP contribution in [-0.4, -0.2) is 94.5 Å². The SMILES string of the molecule is O=C1CCC(N2C(=O)c3ccc(CN4CCN(c5nc(N6CCCCC6)nc6c5SCC6)CC4)cc3C2=O)C(=O)N1. The van der Waals surface area contributed by atoms with E-state index in [2.05, 4.69) is 20.0 Å². The molecule has 0 saturated carbocycles. The number of carbonyl (C=O) groups excluding carboxylic acids is 4. The Kier molecular flexibility index (Phi) is 6.90. The van der Waals surface area contributed by atoms with Gasteiger partial charge in [0, 0.05) is 64.4 Å². The average molecular weight is 576 g/mol. The molecule has 6 heterocycles. The monoisotopic (exact) mass is 575 g/mol. The van der Waals surface area contributed by atoms with Gasteiger partial charge in [-0.3, -0.25) is 34.3 Å². The van der Waals surface area contributed by atoms with E-state index < -0.39 is 23.8 Å². The van der Waals surface area contributed by atoms with Gasteiger partial charge in [0.2, 0.25) is 17.8 Å². The van der Waals surface area contributed by atoms with Crippen molar-refractivity contribution in [1.29, 1.82) is 0 Å². The lowest BCUT2D eigenvalue weighted by molar-refractivity contribution is -0.136. The lowest BCUT2D eigenvalue weighted by Crippen LogP contribution is -2.54. The predicted molar refractivity (Wildman–Crippen MR) is 153 cm³/mol. The maximum atomic E-state index is 13.2. The van der Waals surface area contributed by atoms with Crippen molar-refractivity contribution in [3.63, 3.8) is 0 Å². The van der Waals surface area contributed by atoms with Crippen LogP contribution in [-0.2, 0) is 22.6 Å². The smallest absolute Gasteiger partial charge is 0.262 e. The van der Waals surface area contributed by atoms with Crippen LogP contribution in [0.15, 0.2) is 23.1 Å². The fourth-order valence-corrected chi connectivity index (χ4v) is 7.60. The molecule has 1 aromatic heterocycles. The second-order valence-electron chi connectivity index (χ2n) is 11.4. The molecule has 7 rings (SSSR count). The van der Waals surface area contributed by atoms with Crippen LogP contribution in [0.5, 0.6) is 0 Å². The number of rotatable bonds is 5. The summed E-state index contributed by atoms with van der Waals surface area (Å²) in [6.07, 6.45) is 4.93. The Labute approximate surface area is 242 Å². The third-order valence-corrected chi connectivity index (χ3v) is 9.83. The molecule has 5 aliphatic rings. The number of anilines is 2. The van der Waals surface area contributed by atoms with Crippen LogP contribution in [0.25, 0.3) is 0 Å². The van der Waals surface area contributed by atoms with Gasteiger partial charge in [-0.2, -0.15) is 4.98 Å². The van der Waals surface area contributed by atoms with Crippen molar-refractivity contribution >= 4 is 47.2 Å². The van der Waals surface area contributed by atoms with Crippen molar-refractivity contribution in [2.24, 2.45) is 0 Å². The van der Waals surface area contributed by atoms with Crippen molar-refractivity contribution in [2.45, 2.75) is 56.0 Å². The molecule has 2 aromatic rings. The van der Waals surface area contributed by atoms with Crippen molar-refractivity contribution in [2.75, 3.05) is 54.8 Å². The zero-order chi connectivity index (χ0) is 28.1. The van der Waals surface area contributed by atoms with Crippen molar-refractivity contribution in [3.05, 3.63) is 40.6 Å². The largest absolute Gasteiger partial charge is 0.353 e. The quantitative estimate of drug-likeness (QED) is 0.529. The minimum absolute atomic E-state index is 0.108. The predicted octanol–water partition coefficient (Wildman–Crippen LogP) is 1.84. The van der Waals surface area contributed by atoms with Gasteiger partial charge in [0.1, 0.15) is 11.9 Å². The van der Waals surface area contributed by atoms with Gasteiger partial charge < -0.3 is 9.80 Å². The summed E-state index contributed by atoms with van der Waals surface area (Å²) < 4.78 is 0. The van der Waals surface area contributed by atoms with Crippen molar-refractivity contribution in [3.8, 4) is 0 Å². The van der Waals surface area contributed by atoms with E-state index in [1.54, 1.807) is 12.1 Å². The highest BCUT2D eigenvalue weighted by Gasteiger charge is 2.44. The highest BCUT2D eigenvalue weighted by atomic mass is 32.2. The van der Waals surface area contributed by atoms with Crippen LogP contribution in [0.4, 0.5) is 11.8 Å². The molecule has 1 atom stereocenters. The summed E-state index contributed by atoms with van der Waals surface area (Å²) in [5.74, 6) is 1.10. The van der Waals surface area contributed by atoms with Gasteiger partial charge in [0.25, 0.3) is 11.8 Å². The van der Waals surface area contributed by atoms with Gasteiger partial charge >= 0.3 is 0 Å². The van der Waals surface area contributed by atoms with Crippen molar-refractivity contribution in [1.82, 2.24) is 25.1 Å². The highest BCUT2D eigenvalue weighted by molar-refractivity contribution is 7.99. The Morgan fingerprint density at radius 2 is 1.63 bits per heavy atom. The summed E-state index contributed by atoms with van der Waals surface area (Å²) in [7, 11) is 0. The van der Waals surface area contributed by atoms with E-state index in [9.17, 15) is 19.2 Å². The molecule has 0 aliphatic carbocycles. The first-order valence-corrected chi connectivity index (χ1v) is 15.6. The van der Waals surface area contributed by atoms with E-state index in [-0.39, 0.29) is 18.7 Å². The number of imide groups is 2. The summed E-state index contributed by atoms with van der Waals surface area (Å²) >= 11 is 1.87. The number of aryl methyl sites for hydroxylation is 1. The van der Waals surface area contributed by atoms with Crippen LogP contribution in [0, 0.1) is 0 Å². The summed E-state index contributed by atoms with van der Waals surface area (Å²) in [4.78, 5) is 69.5. The molecule has 12 heteroatoms. The van der Waals surface area contributed by atoms with Gasteiger partial charge in [0.05, 0.1) is 21.7 Å². The molecular formula is C29H33N7O4S. The first-order valence-electron chi connectivity index (χ1n) is 14.6. The Morgan fingerprint density at radius 3 is 2.41 bits per heavy atom. The molecule has 5 aliphatic heterocycles. The van der Waals surface area contributed by atoms with Crippen LogP contribution >= 0.6 is 11.8 Å². The van der Waals surface area contributed by atoms with Gasteiger partial charge in [-0.15, -0.1) is 11.8 Å². The lowest BCUT2D eigenvalue weighted by Gasteiger charge is -2.36. The third kappa shape index (κ3) is 4.86. The molecule has 214 valence electrons. The van der Waals surface area contributed by atoms with Gasteiger partial charge in [0.15, 0.2) is 0 Å². The van der Waals surface area contributed by atoms with Crippen LogP contribution in [0.2, 0.25) is 0 Å². The Morgan fingerprint density at radius 1 is 0.854 bits per heavy atom. The first kappa shape index (κ1) is 26.4. The standard InChI is InChI=1S/C29H33N7O4S/c37-23-7-6-22(26(38)31-23)36-27(39)19-5-4-18(16-20(19)28(36)40)17-33-11-13-34(14-12-33)25-24-21(8-15-41-24)30-29(32-25)35-9-2-1-3-10-35/h4-5,16,22H,1-3,6-15,17H2,(H,31,37,38). The average Bonchev–Trinajstić information content (AvgIpc) is 3.56. The number of thioether (sulfide) groups is 1. The maximum absolute atomic E-state index is 13.2. The summed E-state index contributed by atoms with van der Waals surface area (Å²) in [5, 5.41) is 2.24. The molecule has 4 amide bonds. The zero-order valence-electron chi connectivity index (χ0n) is 22.9. The lowest BCUT2D eigenvalue weighted by atomic mass is 10.0. The van der Waals surface area contributed by atoms with E-state index in [4.69, 9.17) is 9.97 Å². The second-order valence-corrected chi connectivity index (χ2v) is 12.5. The van der Waals surface area contributed by atoms with Crippen molar-refractivity contribution < 1.29 is 19.2 Å². The number of hydrogen-bond donors (Lipinski definition) is 1. The third-order valence-electron chi connectivity index (χ3n) is 8.71. The number of amides is 4. The topological polar surface area (TPSA) is 119 Å². The fourth-order valence-electron chi connectivity index (χ4n) is 6.48. The minimum Gasteiger partial charge on any atom is -0.353 e. The fraction of sp³-hybridized carbons (Fsp3) is 0.517. The van der Waals surface area contributed by atoms with E-state index in [1.807, 2.05) is 17.8 Å². The molecule has 11 nitrogen and oxygen atoms in total. The van der Waals surface area contributed by atoms with Gasteiger partial charge in [-0.05, 0) is 43.4 Å². The number of nitrogens with one attached hydrogen (secondary N) is 1. The van der Waals surface area contributed by atoms with Crippen LogP contribution in [0.3, 0.4) is 0 Å². The molecule has 1 unspecified atom stereocenters. The second kappa shape index (κ2) is 10.7. The number of piperazine rings is 1. The Hall–Kier alpha value is -3.51. The molecule has 3 fully saturated rings. The number of fused-ring (bicyclic) bond motifs is 2. The zero-order valence-corrected chi connectivity index (χ0v) is 23.7. The van der Waals surface area contributed by atoms with E-state index in [0.29, 0.717) is 17.7 Å². The highest BCUT2D eigenvalue weighted by Crippen LogP contribution is 2.39. The summed E-state index contributed by atoms with van der Waals surface area (Å²) in [5.41, 5.74) is 2.78. The molecule has 0 bridgehead atoms. The number of nitrogens with zero attached hydrogens (tertiary/aromatic N) is 6. The number of hydrogen-bond acceptors (Lipinski definition) is 10. The molecule has 1 N–H and O–H groups in total. The minimum atomic E-state index is -0.950. The van der Waals surface area contributed by atoms with Gasteiger partial charge in [-0.1, -0.05) is 6.07 Å². The summed E-state index contributed by atoms with van der Waals surface area (Å²) in [6.45, 7) is 6.14. The molecule has 1 aromatic carbocycles. The number of aromatic nitrogens is 2. The molecule has 3 saturated heterocycles. The van der Waals surface area contributed by atoms with E-state index in [0.717, 1.165) is 73.7 Å². The van der Waals surface area contributed by atoms with Gasteiger partial charge in [-0.25, -0.2) is 4.98 Å². The normalized spacial score (nSPS) is 23.2. The van der Waals surface area contributed by atoms with E-state index >= 15 is 0 Å². The molecule has 41 heavy (non-hydrogen) atoms. The van der Waals surface area contributed by atoms with E-state index in [1.165, 1.54) is 29.9 Å². The molecular weight excluding hydrogens is 542 g/mol. The Balaban J connectivity index is 1.03. The maximum Gasteiger partial charge on any atom is 0.262 e. The molecule has 0 radical (unpaired) electrons. The summed E-state index contributed by atoms with van der Waals surface area (Å²) in [6, 6.07) is 4.42. The van der Waals surface area contributed by atoms with Crippen LogP contribution < -0.4 is 15.1 Å². The first-order chi connectivity index (χ1) is 20.0.